The monoisotopic (exact) mass is 332 g/mol. The fourth-order valence-electron chi connectivity index (χ4n) is 3.48. The zero-order chi connectivity index (χ0) is 16.7. The summed E-state index contributed by atoms with van der Waals surface area (Å²) in [4.78, 5) is 32.9. The topological polar surface area (TPSA) is 64.9 Å². The van der Waals surface area contributed by atoms with Crippen LogP contribution in [0, 0.1) is 0 Å². The van der Waals surface area contributed by atoms with Crippen molar-refractivity contribution in [3.05, 3.63) is 18.0 Å². The number of nitrogens with zero attached hydrogens (tertiary/aromatic N) is 6. The molecule has 0 bridgehead atoms. The molecule has 0 spiro atoms. The molecular weight excluding hydrogens is 308 g/mol. The maximum absolute atomic E-state index is 12.8. The summed E-state index contributed by atoms with van der Waals surface area (Å²) < 4.78 is 1.75. The zero-order valence-electron chi connectivity index (χ0n) is 14.1. The van der Waals surface area contributed by atoms with Gasteiger partial charge in [-0.25, -0.2) is 9.59 Å². The van der Waals surface area contributed by atoms with Crippen LogP contribution in [0.15, 0.2) is 12.4 Å². The maximum Gasteiger partial charge on any atom is 0.320 e. The van der Waals surface area contributed by atoms with Gasteiger partial charge in [-0.05, 0) is 12.8 Å². The molecule has 4 heterocycles. The lowest BCUT2D eigenvalue weighted by atomic mass is 10.1. The first-order valence-corrected chi connectivity index (χ1v) is 8.71. The van der Waals surface area contributed by atoms with E-state index < -0.39 is 0 Å². The highest BCUT2D eigenvalue weighted by molar-refractivity contribution is 5.78. The third-order valence-corrected chi connectivity index (χ3v) is 5.26. The lowest BCUT2D eigenvalue weighted by molar-refractivity contribution is 0.0579. The minimum absolute atomic E-state index is 0.0890. The van der Waals surface area contributed by atoms with Crippen LogP contribution < -0.4 is 0 Å². The summed E-state index contributed by atoms with van der Waals surface area (Å²) in [5, 5.41) is 4.25. The molecule has 8 nitrogen and oxygen atoms in total. The lowest BCUT2D eigenvalue weighted by Crippen LogP contribution is -2.60. The Labute approximate surface area is 141 Å². The third kappa shape index (κ3) is 2.59. The standard InChI is InChI=1S/C16H24N6O2/c1-18-11-13(10-17-18)14-12-21(15(23)19-4-2-5-19)8-9-22(14)16(24)20-6-3-7-20/h10-11,14H,2-9,12H2,1H3. The summed E-state index contributed by atoms with van der Waals surface area (Å²) in [6, 6.07) is 0.0723. The van der Waals surface area contributed by atoms with Crippen LogP contribution in [0.3, 0.4) is 0 Å². The van der Waals surface area contributed by atoms with Gasteiger partial charge in [0.25, 0.3) is 0 Å². The van der Waals surface area contributed by atoms with Gasteiger partial charge >= 0.3 is 12.1 Å². The predicted octanol–water partition coefficient (Wildman–Crippen LogP) is 0.730. The van der Waals surface area contributed by atoms with E-state index in [1.165, 1.54) is 0 Å². The van der Waals surface area contributed by atoms with Gasteiger partial charge < -0.3 is 19.6 Å². The summed E-state index contributed by atoms with van der Waals surface area (Å²) >= 11 is 0. The minimum atomic E-state index is -0.120. The number of likely N-dealkylation sites (tertiary alicyclic amines) is 2. The van der Waals surface area contributed by atoms with Crippen molar-refractivity contribution >= 4 is 12.1 Å². The molecule has 3 aliphatic heterocycles. The number of carbonyl (C=O) groups is 2. The number of piperazine rings is 1. The summed E-state index contributed by atoms with van der Waals surface area (Å²) in [5.41, 5.74) is 0.993. The normalized spacial score (nSPS) is 23.8. The van der Waals surface area contributed by atoms with Crippen LogP contribution in [0.25, 0.3) is 0 Å². The van der Waals surface area contributed by atoms with Crippen LogP contribution in [-0.4, -0.2) is 87.3 Å². The fraction of sp³-hybridized carbons (Fsp3) is 0.688. The Morgan fingerprint density at radius 3 is 2.17 bits per heavy atom. The number of urea groups is 2. The quantitative estimate of drug-likeness (QED) is 0.761. The molecule has 130 valence electrons. The van der Waals surface area contributed by atoms with Crippen LogP contribution in [-0.2, 0) is 7.05 Å². The Kier molecular flexibility index (Phi) is 3.82. The van der Waals surface area contributed by atoms with Crippen LogP contribution in [0.5, 0.6) is 0 Å². The van der Waals surface area contributed by atoms with Crippen molar-refractivity contribution in [3.8, 4) is 0 Å². The Morgan fingerprint density at radius 2 is 1.62 bits per heavy atom. The highest BCUT2D eigenvalue weighted by atomic mass is 16.2. The molecule has 24 heavy (non-hydrogen) atoms. The number of hydrogen-bond donors (Lipinski definition) is 0. The van der Waals surface area contributed by atoms with Gasteiger partial charge in [0, 0.05) is 64.6 Å². The van der Waals surface area contributed by atoms with Crippen LogP contribution in [0.1, 0.15) is 24.4 Å². The van der Waals surface area contributed by atoms with Crippen LogP contribution >= 0.6 is 0 Å². The number of aryl methyl sites for hydroxylation is 1. The van der Waals surface area contributed by atoms with Gasteiger partial charge in [0.05, 0.1) is 12.2 Å². The number of amides is 4. The Balaban J connectivity index is 1.53. The van der Waals surface area contributed by atoms with E-state index in [1.807, 2.05) is 32.8 Å². The van der Waals surface area contributed by atoms with E-state index >= 15 is 0 Å². The minimum Gasteiger partial charge on any atom is -0.325 e. The van der Waals surface area contributed by atoms with E-state index in [-0.39, 0.29) is 18.1 Å². The summed E-state index contributed by atoms with van der Waals surface area (Å²) in [6.45, 7) is 5.10. The molecule has 3 fully saturated rings. The second-order valence-electron chi connectivity index (χ2n) is 6.85. The molecule has 4 amide bonds. The number of rotatable bonds is 1. The predicted molar refractivity (Wildman–Crippen MR) is 87.4 cm³/mol. The molecule has 1 atom stereocenters. The summed E-state index contributed by atoms with van der Waals surface area (Å²) in [7, 11) is 1.87. The van der Waals surface area contributed by atoms with E-state index in [4.69, 9.17) is 0 Å². The molecule has 4 rings (SSSR count). The number of aromatic nitrogens is 2. The average molecular weight is 332 g/mol. The van der Waals surface area contributed by atoms with E-state index in [0.29, 0.717) is 19.6 Å². The second kappa shape index (κ2) is 5.99. The van der Waals surface area contributed by atoms with Crippen LogP contribution in [0.2, 0.25) is 0 Å². The van der Waals surface area contributed by atoms with Crippen molar-refractivity contribution in [1.82, 2.24) is 29.4 Å². The van der Waals surface area contributed by atoms with Crippen molar-refractivity contribution in [2.75, 3.05) is 45.8 Å². The molecule has 0 aliphatic carbocycles. The van der Waals surface area contributed by atoms with Gasteiger partial charge in [-0.2, -0.15) is 5.10 Å². The third-order valence-electron chi connectivity index (χ3n) is 5.26. The molecule has 0 N–H and O–H groups in total. The van der Waals surface area contributed by atoms with Gasteiger partial charge in [0.2, 0.25) is 0 Å². The van der Waals surface area contributed by atoms with E-state index in [9.17, 15) is 9.59 Å². The summed E-state index contributed by atoms with van der Waals surface area (Å²) in [5.74, 6) is 0. The van der Waals surface area contributed by atoms with Crippen molar-refractivity contribution in [1.29, 1.82) is 0 Å². The molecule has 3 aliphatic rings. The lowest BCUT2D eigenvalue weighted by Gasteiger charge is -2.46. The van der Waals surface area contributed by atoms with Crippen molar-refractivity contribution in [2.24, 2.45) is 7.05 Å². The Hall–Kier alpha value is -2.25. The number of hydrogen-bond acceptors (Lipinski definition) is 3. The summed E-state index contributed by atoms with van der Waals surface area (Å²) in [6.07, 6.45) is 5.92. The first-order valence-electron chi connectivity index (χ1n) is 8.71. The maximum atomic E-state index is 12.8. The molecule has 1 aromatic heterocycles. The highest BCUT2D eigenvalue weighted by Crippen LogP contribution is 2.28. The zero-order valence-corrected chi connectivity index (χ0v) is 14.1. The molecule has 0 radical (unpaired) electrons. The molecule has 8 heteroatoms. The van der Waals surface area contributed by atoms with Crippen molar-refractivity contribution in [3.63, 3.8) is 0 Å². The second-order valence-corrected chi connectivity index (χ2v) is 6.85. The smallest absolute Gasteiger partial charge is 0.320 e. The Morgan fingerprint density at radius 1 is 0.958 bits per heavy atom. The van der Waals surface area contributed by atoms with E-state index in [2.05, 4.69) is 5.10 Å². The SMILES string of the molecule is Cn1cc(C2CN(C(=O)N3CCC3)CCN2C(=O)N2CCC2)cn1. The molecule has 1 aromatic rings. The molecule has 0 saturated carbocycles. The first kappa shape index (κ1) is 15.3. The fourth-order valence-corrected chi connectivity index (χ4v) is 3.48. The average Bonchev–Trinajstić information content (AvgIpc) is 2.89. The number of carbonyl (C=O) groups excluding carboxylic acids is 2. The molecule has 1 unspecified atom stereocenters. The largest absolute Gasteiger partial charge is 0.325 e. The van der Waals surface area contributed by atoms with Crippen LogP contribution in [0.4, 0.5) is 9.59 Å². The first-order chi connectivity index (χ1) is 11.6. The van der Waals surface area contributed by atoms with Gasteiger partial charge in [-0.1, -0.05) is 0 Å². The van der Waals surface area contributed by atoms with Crippen molar-refractivity contribution in [2.45, 2.75) is 18.9 Å². The van der Waals surface area contributed by atoms with E-state index in [1.54, 1.807) is 10.9 Å². The molecular formula is C16H24N6O2. The van der Waals surface area contributed by atoms with Gasteiger partial charge in [-0.3, -0.25) is 4.68 Å². The van der Waals surface area contributed by atoms with Crippen molar-refractivity contribution < 1.29 is 9.59 Å². The van der Waals surface area contributed by atoms with Gasteiger partial charge in [0.1, 0.15) is 0 Å². The highest BCUT2D eigenvalue weighted by Gasteiger charge is 2.38. The van der Waals surface area contributed by atoms with E-state index in [0.717, 1.165) is 44.6 Å². The molecule has 3 saturated heterocycles. The van der Waals surface area contributed by atoms with Gasteiger partial charge in [0.15, 0.2) is 0 Å². The Bertz CT molecular complexity index is 636. The molecule has 0 aromatic carbocycles. The van der Waals surface area contributed by atoms with Gasteiger partial charge in [-0.15, -0.1) is 0 Å².